The Morgan fingerprint density at radius 3 is 2.63 bits per heavy atom. The van der Waals surface area contributed by atoms with Crippen LogP contribution in [0.1, 0.15) is 43.5 Å². The van der Waals surface area contributed by atoms with Crippen LogP contribution in [-0.4, -0.2) is 15.7 Å². The van der Waals surface area contributed by atoms with Crippen molar-refractivity contribution in [1.29, 1.82) is 0 Å². The molecule has 2 aromatic rings. The fourth-order valence-corrected chi connectivity index (χ4v) is 1.96. The van der Waals surface area contributed by atoms with E-state index in [0.29, 0.717) is 5.92 Å². The van der Waals surface area contributed by atoms with Gasteiger partial charge < -0.3 is 0 Å². The highest BCUT2D eigenvalue weighted by Crippen LogP contribution is 2.28. The molecule has 98 valence electrons. The van der Waals surface area contributed by atoms with E-state index < -0.39 is 0 Å². The number of rotatable bonds is 3. The summed E-state index contributed by atoms with van der Waals surface area (Å²) in [5, 5.41) is 0. The van der Waals surface area contributed by atoms with Gasteiger partial charge in [-0.05, 0) is 37.0 Å². The lowest BCUT2D eigenvalue weighted by molar-refractivity contribution is 0.866. The zero-order chi connectivity index (χ0) is 13.8. The molecule has 0 aliphatic rings. The van der Waals surface area contributed by atoms with E-state index in [1.807, 2.05) is 6.92 Å². The molecule has 3 nitrogen and oxygen atoms in total. The number of hydrogen-bond acceptors (Lipinski definition) is 3. The van der Waals surface area contributed by atoms with E-state index >= 15 is 0 Å². The molecule has 0 aliphatic heterocycles. The number of aryl methyl sites for hydroxylation is 1. The smallest absolute Gasteiger partial charge is 0.102 e. The predicted octanol–water partition coefficient (Wildman–Crippen LogP) is 4.05. The molecule has 0 amide bonds. The fraction of sp³-hybridized carbons (Fsp3) is 0.312. The van der Waals surface area contributed by atoms with Crippen molar-refractivity contribution in [2.45, 2.75) is 33.6 Å². The molecule has 1 heterocycles. The number of aliphatic imine (C=N–C) groups is 1. The van der Waals surface area contributed by atoms with E-state index in [1.165, 1.54) is 11.1 Å². The highest BCUT2D eigenvalue weighted by Gasteiger charge is 2.07. The lowest BCUT2D eigenvalue weighted by atomic mass is 9.99. The summed E-state index contributed by atoms with van der Waals surface area (Å²) in [7, 11) is 0. The van der Waals surface area contributed by atoms with Crippen LogP contribution in [0.4, 0.5) is 5.69 Å². The minimum Gasteiger partial charge on any atom is -0.261 e. The van der Waals surface area contributed by atoms with Crippen molar-refractivity contribution in [1.82, 2.24) is 9.97 Å². The van der Waals surface area contributed by atoms with Gasteiger partial charge in [0.25, 0.3) is 0 Å². The number of hydrogen-bond donors (Lipinski definition) is 0. The van der Waals surface area contributed by atoms with E-state index in [2.05, 4.69) is 48.9 Å². The summed E-state index contributed by atoms with van der Waals surface area (Å²) in [5.41, 5.74) is 5.21. The fourth-order valence-electron chi connectivity index (χ4n) is 1.96. The van der Waals surface area contributed by atoms with Crippen molar-refractivity contribution in [3.8, 4) is 0 Å². The summed E-state index contributed by atoms with van der Waals surface area (Å²) in [5.74, 6) is 0.453. The molecule has 0 radical (unpaired) electrons. The van der Waals surface area contributed by atoms with E-state index in [9.17, 15) is 0 Å². The molecule has 0 aliphatic carbocycles. The molecule has 0 unspecified atom stereocenters. The number of nitrogens with zero attached hydrogens (tertiary/aromatic N) is 3. The molecule has 0 bridgehead atoms. The summed E-state index contributed by atoms with van der Waals surface area (Å²) in [6.45, 7) is 8.42. The Hall–Kier alpha value is -2.03. The molecule has 0 N–H and O–H groups in total. The van der Waals surface area contributed by atoms with Crippen LogP contribution in [0.25, 0.3) is 0 Å². The van der Waals surface area contributed by atoms with Crippen LogP contribution in [0.3, 0.4) is 0 Å². The van der Waals surface area contributed by atoms with Crippen LogP contribution >= 0.6 is 0 Å². The first-order chi connectivity index (χ1) is 9.08. The van der Waals surface area contributed by atoms with E-state index in [0.717, 1.165) is 17.1 Å². The second-order valence-electron chi connectivity index (χ2n) is 5.00. The Kier molecular flexibility index (Phi) is 4.05. The van der Waals surface area contributed by atoms with Gasteiger partial charge in [0.1, 0.15) is 5.69 Å². The van der Waals surface area contributed by atoms with E-state index in [-0.39, 0.29) is 0 Å². The predicted molar refractivity (Wildman–Crippen MR) is 79.2 cm³/mol. The van der Waals surface area contributed by atoms with Gasteiger partial charge in [0.2, 0.25) is 0 Å². The Labute approximate surface area is 114 Å². The van der Waals surface area contributed by atoms with Crippen molar-refractivity contribution < 1.29 is 0 Å². The van der Waals surface area contributed by atoms with Gasteiger partial charge in [-0.15, -0.1) is 0 Å². The summed E-state index contributed by atoms with van der Waals surface area (Å²) < 4.78 is 0. The molecule has 0 saturated heterocycles. The van der Waals surface area contributed by atoms with Gasteiger partial charge in [-0.1, -0.05) is 26.0 Å². The van der Waals surface area contributed by atoms with Gasteiger partial charge in [-0.3, -0.25) is 15.0 Å². The van der Waals surface area contributed by atoms with Gasteiger partial charge in [0.15, 0.2) is 0 Å². The standard InChI is InChI=1S/C16H19N3/c1-11(2)14-6-5-12(3)9-15(14)19-13(4)16-10-17-7-8-18-16/h5-11H,1-4H3. The maximum absolute atomic E-state index is 4.73. The molecule has 0 spiro atoms. The first kappa shape index (κ1) is 13.4. The Bertz CT molecular complexity index is 586. The van der Waals surface area contributed by atoms with Crippen LogP contribution in [-0.2, 0) is 0 Å². The van der Waals surface area contributed by atoms with Gasteiger partial charge in [0.05, 0.1) is 17.6 Å². The average Bonchev–Trinajstić information content (AvgIpc) is 2.39. The highest BCUT2D eigenvalue weighted by molar-refractivity contribution is 5.98. The maximum Gasteiger partial charge on any atom is 0.102 e. The van der Waals surface area contributed by atoms with Crippen molar-refractivity contribution >= 4 is 11.4 Å². The van der Waals surface area contributed by atoms with Crippen LogP contribution in [0.2, 0.25) is 0 Å². The molecule has 2 rings (SSSR count). The SMILES string of the molecule is CC(=Nc1cc(C)ccc1C(C)C)c1cnccn1. The molecular weight excluding hydrogens is 234 g/mol. The zero-order valence-corrected chi connectivity index (χ0v) is 11.9. The molecule has 0 atom stereocenters. The summed E-state index contributed by atoms with van der Waals surface area (Å²) in [6, 6.07) is 6.41. The first-order valence-corrected chi connectivity index (χ1v) is 6.50. The Morgan fingerprint density at radius 2 is 2.00 bits per heavy atom. The summed E-state index contributed by atoms with van der Waals surface area (Å²) in [6.07, 6.45) is 5.10. The molecule has 19 heavy (non-hydrogen) atoms. The molecule has 1 aromatic carbocycles. The quantitative estimate of drug-likeness (QED) is 0.774. The third kappa shape index (κ3) is 3.25. The van der Waals surface area contributed by atoms with Crippen molar-refractivity contribution in [2.75, 3.05) is 0 Å². The summed E-state index contributed by atoms with van der Waals surface area (Å²) in [4.78, 5) is 13.1. The Balaban J connectivity index is 2.45. The van der Waals surface area contributed by atoms with Gasteiger partial charge >= 0.3 is 0 Å². The third-order valence-corrected chi connectivity index (χ3v) is 3.03. The molecular formula is C16H19N3. The minimum atomic E-state index is 0.453. The topological polar surface area (TPSA) is 38.1 Å². The van der Waals surface area contributed by atoms with Crippen molar-refractivity contribution in [2.24, 2.45) is 4.99 Å². The first-order valence-electron chi connectivity index (χ1n) is 6.50. The van der Waals surface area contributed by atoms with Gasteiger partial charge in [-0.25, -0.2) is 0 Å². The normalized spacial score (nSPS) is 11.9. The minimum absolute atomic E-state index is 0.453. The van der Waals surface area contributed by atoms with Crippen molar-refractivity contribution in [3.63, 3.8) is 0 Å². The summed E-state index contributed by atoms with van der Waals surface area (Å²) >= 11 is 0. The van der Waals surface area contributed by atoms with Gasteiger partial charge in [-0.2, -0.15) is 0 Å². The Morgan fingerprint density at radius 1 is 1.21 bits per heavy atom. The van der Waals surface area contributed by atoms with Crippen molar-refractivity contribution in [3.05, 3.63) is 53.6 Å². The maximum atomic E-state index is 4.73. The largest absolute Gasteiger partial charge is 0.261 e. The monoisotopic (exact) mass is 253 g/mol. The third-order valence-electron chi connectivity index (χ3n) is 3.03. The average molecular weight is 253 g/mol. The number of aromatic nitrogens is 2. The lowest BCUT2D eigenvalue weighted by Crippen LogP contribution is -1.99. The van der Waals surface area contributed by atoms with Crippen LogP contribution < -0.4 is 0 Å². The van der Waals surface area contributed by atoms with Crippen LogP contribution in [0.15, 0.2) is 41.8 Å². The van der Waals surface area contributed by atoms with Gasteiger partial charge in [0, 0.05) is 12.4 Å². The molecule has 0 saturated carbocycles. The van der Waals surface area contributed by atoms with Crippen LogP contribution in [0, 0.1) is 6.92 Å². The zero-order valence-electron chi connectivity index (χ0n) is 11.9. The van der Waals surface area contributed by atoms with E-state index in [1.54, 1.807) is 18.6 Å². The van der Waals surface area contributed by atoms with E-state index in [4.69, 9.17) is 4.99 Å². The molecule has 3 heteroatoms. The molecule has 0 fully saturated rings. The lowest BCUT2D eigenvalue weighted by Gasteiger charge is -2.11. The number of benzene rings is 1. The second kappa shape index (κ2) is 5.74. The highest BCUT2D eigenvalue weighted by atomic mass is 14.8. The second-order valence-corrected chi connectivity index (χ2v) is 5.00. The van der Waals surface area contributed by atoms with Crippen LogP contribution in [0.5, 0.6) is 0 Å². The molecule has 1 aromatic heterocycles.